The monoisotopic (exact) mass is 296 g/mol. The third kappa shape index (κ3) is 3.74. The van der Waals surface area contributed by atoms with E-state index >= 15 is 0 Å². The summed E-state index contributed by atoms with van der Waals surface area (Å²) in [6.07, 6.45) is 4.87. The number of amides is 1. The molecule has 2 rings (SSSR count). The number of halogens is 1. The van der Waals surface area contributed by atoms with Crippen LogP contribution in [0.1, 0.15) is 49.8 Å². The Morgan fingerprint density at radius 2 is 1.95 bits per heavy atom. The molecule has 1 aliphatic carbocycles. The van der Waals surface area contributed by atoms with E-state index in [2.05, 4.69) is 12.2 Å². The number of carbonyl (C=O) groups excluding carboxylic acids is 1. The van der Waals surface area contributed by atoms with Gasteiger partial charge in [-0.2, -0.15) is 0 Å². The van der Waals surface area contributed by atoms with E-state index in [0.717, 1.165) is 18.5 Å². The molecule has 1 amide bonds. The summed E-state index contributed by atoms with van der Waals surface area (Å²) in [4.78, 5) is 12.1. The molecule has 0 radical (unpaired) electrons. The predicted molar refractivity (Wildman–Crippen MR) is 84.9 cm³/mol. The number of hydrogen-bond acceptors (Lipinski definition) is 2. The molecule has 1 saturated carbocycles. The molecule has 0 aliphatic heterocycles. The average Bonchev–Trinajstić information content (AvgIpc) is 2.38. The first-order chi connectivity index (χ1) is 9.06. The molecule has 1 aliphatic rings. The maximum Gasteiger partial charge on any atom is 0.241 e. The normalized spacial score (nSPS) is 17.6. The fourth-order valence-corrected chi connectivity index (χ4v) is 2.64. The Hall–Kier alpha value is -1.06. The summed E-state index contributed by atoms with van der Waals surface area (Å²) in [6.45, 7) is 4.99. The van der Waals surface area contributed by atoms with Crippen molar-refractivity contribution >= 4 is 18.3 Å². The van der Waals surface area contributed by atoms with Crippen LogP contribution in [0.2, 0.25) is 0 Å². The van der Waals surface area contributed by atoms with E-state index in [9.17, 15) is 4.79 Å². The smallest absolute Gasteiger partial charge is 0.241 e. The second-order valence-corrected chi connectivity index (χ2v) is 5.81. The molecule has 1 fully saturated rings. The SMILES string of the molecule is CCC1(CNC(=O)C(N)c2ccc(C)cc2)CCC1.Cl. The lowest BCUT2D eigenvalue weighted by Gasteiger charge is -2.41. The number of rotatable bonds is 5. The van der Waals surface area contributed by atoms with Crippen LogP contribution in [0.4, 0.5) is 0 Å². The molecule has 0 aromatic heterocycles. The lowest BCUT2D eigenvalue weighted by molar-refractivity contribution is -0.123. The van der Waals surface area contributed by atoms with E-state index in [1.807, 2.05) is 31.2 Å². The fourth-order valence-electron chi connectivity index (χ4n) is 2.64. The van der Waals surface area contributed by atoms with Gasteiger partial charge in [0.1, 0.15) is 6.04 Å². The highest BCUT2D eigenvalue weighted by atomic mass is 35.5. The maximum atomic E-state index is 12.1. The van der Waals surface area contributed by atoms with Gasteiger partial charge in [-0.05, 0) is 37.2 Å². The van der Waals surface area contributed by atoms with Crippen molar-refractivity contribution in [3.05, 3.63) is 35.4 Å². The molecule has 1 atom stereocenters. The van der Waals surface area contributed by atoms with Crippen molar-refractivity contribution in [3.63, 3.8) is 0 Å². The number of benzene rings is 1. The van der Waals surface area contributed by atoms with Crippen LogP contribution in [-0.2, 0) is 4.79 Å². The van der Waals surface area contributed by atoms with Gasteiger partial charge in [0.2, 0.25) is 5.91 Å². The van der Waals surface area contributed by atoms with Crippen molar-refractivity contribution in [2.24, 2.45) is 11.1 Å². The fraction of sp³-hybridized carbons (Fsp3) is 0.562. The number of carbonyl (C=O) groups is 1. The first kappa shape index (κ1) is 17.0. The summed E-state index contributed by atoms with van der Waals surface area (Å²) in [5.74, 6) is -0.0661. The van der Waals surface area contributed by atoms with Gasteiger partial charge in [-0.25, -0.2) is 0 Å². The number of nitrogens with two attached hydrogens (primary N) is 1. The number of aryl methyl sites for hydroxylation is 1. The third-order valence-corrected chi connectivity index (χ3v) is 4.52. The molecule has 1 aromatic rings. The van der Waals surface area contributed by atoms with E-state index in [0.29, 0.717) is 5.41 Å². The Kier molecular flexibility index (Phi) is 6.03. The van der Waals surface area contributed by atoms with Crippen molar-refractivity contribution in [3.8, 4) is 0 Å². The highest BCUT2D eigenvalue weighted by molar-refractivity contribution is 5.85. The Bertz CT molecular complexity index is 435. The third-order valence-electron chi connectivity index (χ3n) is 4.52. The van der Waals surface area contributed by atoms with Crippen molar-refractivity contribution in [1.29, 1.82) is 0 Å². The first-order valence-electron chi connectivity index (χ1n) is 7.16. The van der Waals surface area contributed by atoms with Crippen LogP contribution in [0, 0.1) is 12.3 Å². The summed E-state index contributed by atoms with van der Waals surface area (Å²) in [6, 6.07) is 7.27. The molecule has 1 aromatic carbocycles. The molecule has 4 heteroatoms. The van der Waals surface area contributed by atoms with Crippen molar-refractivity contribution < 1.29 is 4.79 Å². The van der Waals surface area contributed by atoms with Gasteiger partial charge in [0.05, 0.1) is 0 Å². The minimum absolute atomic E-state index is 0. The minimum atomic E-state index is -0.561. The largest absolute Gasteiger partial charge is 0.354 e. The van der Waals surface area contributed by atoms with Gasteiger partial charge in [0.15, 0.2) is 0 Å². The zero-order valence-corrected chi connectivity index (χ0v) is 13.1. The van der Waals surface area contributed by atoms with E-state index in [1.165, 1.54) is 24.8 Å². The van der Waals surface area contributed by atoms with E-state index in [1.54, 1.807) is 0 Å². The van der Waals surface area contributed by atoms with Crippen molar-refractivity contribution in [2.45, 2.75) is 45.6 Å². The lowest BCUT2D eigenvalue weighted by atomic mass is 9.67. The van der Waals surface area contributed by atoms with E-state index in [4.69, 9.17) is 5.73 Å². The van der Waals surface area contributed by atoms with Gasteiger partial charge >= 0.3 is 0 Å². The topological polar surface area (TPSA) is 55.1 Å². The Morgan fingerprint density at radius 1 is 1.35 bits per heavy atom. The van der Waals surface area contributed by atoms with Gasteiger partial charge in [-0.15, -0.1) is 12.4 Å². The first-order valence-corrected chi connectivity index (χ1v) is 7.16. The zero-order valence-electron chi connectivity index (χ0n) is 12.3. The van der Waals surface area contributed by atoms with Crippen LogP contribution in [0.3, 0.4) is 0 Å². The summed E-state index contributed by atoms with van der Waals surface area (Å²) < 4.78 is 0. The maximum absolute atomic E-state index is 12.1. The van der Waals surface area contributed by atoms with Crippen molar-refractivity contribution in [2.75, 3.05) is 6.54 Å². The molecular weight excluding hydrogens is 272 g/mol. The van der Waals surface area contributed by atoms with E-state index in [-0.39, 0.29) is 18.3 Å². The van der Waals surface area contributed by atoms with Gasteiger partial charge in [-0.3, -0.25) is 4.79 Å². The Balaban J connectivity index is 0.00000200. The van der Waals surface area contributed by atoms with Gasteiger partial charge in [-0.1, -0.05) is 43.2 Å². The highest BCUT2D eigenvalue weighted by Crippen LogP contribution is 2.43. The molecule has 0 bridgehead atoms. The second kappa shape index (κ2) is 7.09. The zero-order chi connectivity index (χ0) is 13.9. The summed E-state index contributed by atoms with van der Waals surface area (Å²) in [5.41, 5.74) is 8.40. The van der Waals surface area contributed by atoms with Crippen molar-refractivity contribution in [1.82, 2.24) is 5.32 Å². The van der Waals surface area contributed by atoms with Gasteiger partial charge < -0.3 is 11.1 Å². The molecule has 0 saturated heterocycles. The highest BCUT2D eigenvalue weighted by Gasteiger charge is 2.35. The van der Waals surface area contributed by atoms with Gasteiger partial charge in [0.25, 0.3) is 0 Å². The molecule has 3 nitrogen and oxygen atoms in total. The summed E-state index contributed by atoms with van der Waals surface area (Å²) >= 11 is 0. The molecule has 0 spiro atoms. The molecule has 3 N–H and O–H groups in total. The number of hydrogen-bond donors (Lipinski definition) is 2. The molecule has 20 heavy (non-hydrogen) atoms. The summed E-state index contributed by atoms with van der Waals surface area (Å²) in [5, 5.41) is 3.03. The average molecular weight is 297 g/mol. The number of nitrogens with one attached hydrogen (secondary N) is 1. The summed E-state index contributed by atoms with van der Waals surface area (Å²) in [7, 11) is 0. The van der Waals surface area contributed by atoms with Crippen LogP contribution in [-0.4, -0.2) is 12.5 Å². The van der Waals surface area contributed by atoms with E-state index < -0.39 is 6.04 Å². The minimum Gasteiger partial charge on any atom is -0.354 e. The van der Waals surface area contributed by atoms with Gasteiger partial charge in [0, 0.05) is 6.54 Å². The molecular formula is C16H25ClN2O. The quantitative estimate of drug-likeness (QED) is 0.877. The lowest BCUT2D eigenvalue weighted by Crippen LogP contribution is -2.44. The molecule has 112 valence electrons. The van der Waals surface area contributed by atoms with Crippen LogP contribution in [0.15, 0.2) is 24.3 Å². The van der Waals surface area contributed by atoms with Crippen LogP contribution in [0.5, 0.6) is 0 Å². The van der Waals surface area contributed by atoms with Crippen LogP contribution >= 0.6 is 12.4 Å². The molecule has 0 heterocycles. The molecule has 1 unspecified atom stereocenters. The van der Waals surface area contributed by atoms with Crippen LogP contribution < -0.4 is 11.1 Å². The predicted octanol–water partition coefficient (Wildman–Crippen LogP) is 3.11. The van der Waals surface area contributed by atoms with Crippen LogP contribution in [0.25, 0.3) is 0 Å². The second-order valence-electron chi connectivity index (χ2n) is 5.81. The Morgan fingerprint density at radius 3 is 2.40 bits per heavy atom. The standard InChI is InChI=1S/C16H24N2O.ClH/c1-3-16(9-4-10-16)11-18-15(19)14(17)13-7-5-12(2)6-8-13;/h5-8,14H,3-4,9-11,17H2,1-2H3,(H,18,19);1H. The Labute approximate surface area is 127 Å².